The number of fused-ring (bicyclic) bond motifs is 1. The molecule has 0 radical (unpaired) electrons. The quantitative estimate of drug-likeness (QED) is 0.539. The van der Waals surface area contributed by atoms with Gasteiger partial charge in [0, 0.05) is 0 Å². The van der Waals surface area contributed by atoms with Gasteiger partial charge in [-0.05, 0) is 45.5 Å². The number of hydrogen-bond acceptors (Lipinski definition) is 0. The lowest BCUT2D eigenvalue weighted by Gasteiger charge is -2.17. The SMILES string of the molecule is C=Cc1c(C=C)c(-c2ccccc2)c2ccccc2c1C. The van der Waals surface area contributed by atoms with Crippen molar-refractivity contribution in [2.24, 2.45) is 0 Å². The second-order valence-corrected chi connectivity index (χ2v) is 5.15. The fraction of sp³-hybridized carbons (Fsp3) is 0.0476. The van der Waals surface area contributed by atoms with Crippen molar-refractivity contribution in [3.8, 4) is 11.1 Å². The Hall–Kier alpha value is -2.60. The van der Waals surface area contributed by atoms with Crippen molar-refractivity contribution in [3.63, 3.8) is 0 Å². The van der Waals surface area contributed by atoms with Crippen LogP contribution in [0.15, 0.2) is 67.8 Å². The van der Waals surface area contributed by atoms with Gasteiger partial charge in [-0.25, -0.2) is 0 Å². The van der Waals surface area contributed by atoms with Crippen LogP contribution in [-0.2, 0) is 0 Å². The monoisotopic (exact) mass is 270 g/mol. The maximum atomic E-state index is 4.03. The summed E-state index contributed by atoms with van der Waals surface area (Å²) < 4.78 is 0. The van der Waals surface area contributed by atoms with Crippen molar-refractivity contribution in [3.05, 3.63) is 84.4 Å². The van der Waals surface area contributed by atoms with Gasteiger partial charge in [-0.1, -0.05) is 79.9 Å². The first-order valence-corrected chi connectivity index (χ1v) is 7.13. The van der Waals surface area contributed by atoms with Crippen LogP contribution in [0.3, 0.4) is 0 Å². The van der Waals surface area contributed by atoms with Gasteiger partial charge < -0.3 is 0 Å². The highest BCUT2D eigenvalue weighted by Crippen LogP contribution is 2.38. The van der Waals surface area contributed by atoms with Crippen molar-refractivity contribution in [2.75, 3.05) is 0 Å². The third-order valence-electron chi connectivity index (χ3n) is 4.03. The lowest BCUT2D eigenvalue weighted by Crippen LogP contribution is -1.94. The normalized spacial score (nSPS) is 10.5. The molecule has 0 aliphatic carbocycles. The fourth-order valence-electron chi connectivity index (χ4n) is 3.05. The third kappa shape index (κ3) is 2.09. The smallest absolute Gasteiger partial charge is 0.00268 e. The summed E-state index contributed by atoms with van der Waals surface area (Å²) in [4.78, 5) is 0. The summed E-state index contributed by atoms with van der Waals surface area (Å²) in [5.41, 5.74) is 6.04. The average Bonchev–Trinajstić information content (AvgIpc) is 2.55. The van der Waals surface area contributed by atoms with Gasteiger partial charge in [0.2, 0.25) is 0 Å². The fourth-order valence-corrected chi connectivity index (χ4v) is 3.05. The van der Waals surface area contributed by atoms with Gasteiger partial charge in [0.15, 0.2) is 0 Å². The van der Waals surface area contributed by atoms with E-state index in [0.717, 1.165) is 5.56 Å². The Labute approximate surface area is 126 Å². The number of hydrogen-bond donors (Lipinski definition) is 0. The molecule has 0 saturated heterocycles. The molecule has 0 amide bonds. The lowest BCUT2D eigenvalue weighted by atomic mass is 9.86. The van der Waals surface area contributed by atoms with E-state index in [1.54, 1.807) is 0 Å². The van der Waals surface area contributed by atoms with E-state index in [1.165, 1.54) is 33.0 Å². The van der Waals surface area contributed by atoms with Crippen LogP contribution in [0, 0.1) is 6.92 Å². The van der Waals surface area contributed by atoms with Crippen molar-refractivity contribution in [1.82, 2.24) is 0 Å². The molecule has 0 heterocycles. The maximum Gasteiger partial charge on any atom is -0.00268 e. The predicted octanol–water partition coefficient (Wildman–Crippen LogP) is 6.10. The van der Waals surface area contributed by atoms with E-state index < -0.39 is 0 Å². The predicted molar refractivity (Wildman–Crippen MR) is 94.3 cm³/mol. The maximum absolute atomic E-state index is 4.03. The molecule has 0 nitrogen and oxygen atoms in total. The van der Waals surface area contributed by atoms with E-state index in [-0.39, 0.29) is 0 Å². The summed E-state index contributed by atoms with van der Waals surface area (Å²) in [6.45, 7) is 10.2. The molecule has 0 bridgehead atoms. The van der Waals surface area contributed by atoms with E-state index >= 15 is 0 Å². The van der Waals surface area contributed by atoms with Gasteiger partial charge in [0.25, 0.3) is 0 Å². The Balaban J connectivity index is 2.55. The topological polar surface area (TPSA) is 0 Å². The van der Waals surface area contributed by atoms with Gasteiger partial charge in [0.1, 0.15) is 0 Å². The molecule has 3 aromatic carbocycles. The summed E-state index contributed by atoms with van der Waals surface area (Å²) in [5, 5.41) is 2.54. The van der Waals surface area contributed by atoms with Crippen LogP contribution in [0.5, 0.6) is 0 Å². The Morgan fingerprint density at radius 1 is 0.714 bits per heavy atom. The summed E-state index contributed by atoms with van der Waals surface area (Å²) in [7, 11) is 0. The molecule has 3 aromatic rings. The minimum Gasteiger partial charge on any atom is -0.0984 e. The van der Waals surface area contributed by atoms with Crippen LogP contribution in [0.2, 0.25) is 0 Å². The van der Waals surface area contributed by atoms with E-state index in [1.807, 2.05) is 18.2 Å². The van der Waals surface area contributed by atoms with Crippen LogP contribution in [0.25, 0.3) is 34.1 Å². The first-order chi connectivity index (χ1) is 10.3. The average molecular weight is 270 g/mol. The molecule has 21 heavy (non-hydrogen) atoms. The zero-order valence-corrected chi connectivity index (χ0v) is 12.3. The van der Waals surface area contributed by atoms with E-state index in [0.29, 0.717) is 0 Å². The van der Waals surface area contributed by atoms with Crippen LogP contribution in [0.4, 0.5) is 0 Å². The van der Waals surface area contributed by atoms with Gasteiger partial charge in [-0.15, -0.1) is 0 Å². The first kappa shape index (κ1) is 13.4. The minimum absolute atomic E-state index is 1.16. The molecule has 0 heteroatoms. The van der Waals surface area contributed by atoms with E-state index in [9.17, 15) is 0 Å². The third-order valence-corrected chi connectivity index (χ3v) is 4.03. The van der Waals surface area contributed by atoms with Crippen molar-refractivity contribution in [2.45, 2.75) is 6.92 Å². The Kier molecular flexibility index (Phi) is 3.45. The zero-order valence-electron chi connectivity index (χ0n) is 12.3. The molecule has 0 aliphatic rings. The van der Waals surface area contributed by atoms with Gasteiger partial charge >= 0.3 is 0 Å². The van der Waals surface area contributed by atoms with E-state index in [2.05, 4.69) is 68.6 Å². The van der Waals surface area contributed by atoms with Crippen LogP contribution in [-0.4, -0.2) is 0 Å². The lowest BCUT2D eigenvalue weighted by molar-refractivity contribution is 1.47. The highest BCUT2D eigenvalue weighted by molar-refractivity contribution is 6.05. The zero-order chi connectivity index (χ0) is 14.8. The molecule has 0 spiro atoms. The van der Waals surface area contributed by atoms with Crippen molar-refractivity contribution in [1.29, 1.82) is 0 Å². The molecule has 0 fully saturated rings. The summed E-state index contributed by atoms with van der Waals surface area (Å²) in [6, 6.07) is 19.0. The second-order valence-electron chi connectivity index (χ2n) is 5.15. The molecular formula is C21H18. The first-order valence-electron chi connectivity index (χ1n) is 7.13. The molecule has 0 unspecified atom stereocenters. The molecular weight excluding hydrogens is 252 g/mol. The largest absolute Gasteiger partial charge is 0.0984 e. The number of benzene rings is 3. The summed E-state index contributed by atoms with van der Waals surface area (Å²) in [5.74, 6) is 0. The molecule has 0 aromatic heterocycles. The summed E-state index contributed by atoms with van der Waals surface area (Å²) >= 11 is 0. The molecule has 102 valence electrons. The van der Waals surface area contributed by atoms with Gasteiger partial charge in [0.05, 0.1) is 0 Å². The van der Waals surface area contributed by atoms with Crippen molar-refractivity contribution >= 4 is 22.9 Å². The highest BCUT2D eigenvalue weighted by atomic mass is 14.2. The molecule has 0 N–H and O–H groups in total. The Morgan fingerprint density at radius 3 is 1.90 bits per heavy atom. The van der Waals surface area contributed by atoms with Gasteiger partial charge in [-0.2, -0.15) is 0 Å². The van der Waals surface area contributed by atoms with E-state index in [4.69, 9.17) is 0 Å². The standard InChI is InChI=1S/C21H18/c1-4-17-15(3)19-13-9-10-14-20(19)21(18(17)5-2)16-11-7-6-8-12-16/h4-14H,1-2H2,3H3. The number of rotatable bonds is 3. The molecule has 0 aliphatic heterocycles. The van der Waals surface area contributed by atoms with Crippen molar-refractivity contribution < 1.29 is 0 Å². The second kappa shape index (κ2) is 5.41. The van der Waals surface area contributed by atoms with Crippen LogP contribution < -0.4 is 0 Å². The number of aryl methyl sites for hydroxylation is 1. The molecule has 3 rings (SSSR count). The Morgan fingerprint density at radius 2 is 1.29 bits per heavy atom. The minimum atomic E-state index is 1.16. The van der Waals surface area contributed by atoms with Crippen LogP contribution >= 0.6 is 0 Å². The molecule has 0 atom stereocenters. The Bertz CT molecular complexity index is 824. The van der Waals surface area contributed by atoms with Gasteiger partial charge in [-0.3, -0.25) is 0 Å². The van der Waals surface area contributed by atoms with Crippen LogP contribution in [0.1, 0.15) is 16.7 Å². The highest BCUT2D eigenvalue weighted by Gasteiger charge is 2.14. The summed E-state index contributed by atoms with van der Waals surface area (Å²) in [6.07, 6.45) is 3.88. The molecule has 0 saturated carbocycles.